The minimum absolute atomic E-state index is 0.0974. The van der Waals surface area contributed by atoms with Gasteiger partial charge in [-0.05, 0) is 53.3 Å². The zero-order chi connectivity index (χ0) is 22.0. The third-order valence-electron chi connectivity index (χ3n) is 5.66. The molecule has 1 atom stereocenters. The molecule has 0 bridgehead atoms. The van der Waals surface area contributed by atoms with Crippen molar-refractivity contribution < 1.29 is 19.1 Å². The molecule has 2 aromatic rings. The first-order valence-corrected chi connectivity index (χ1v) is 11.4. The van der Waals surface area contributed by atoms with Crippen LogP contribution in [0.1, 0.15) is 45.1 Å². The van der Waals surface area contributed by atoms with Gasteiger partial charge in [-0.3, -0.25) is 4.79 Å². The van der Waals surface area contributed by atoms with Crippen LogP contribution in [0.25, 0.3) is 0 Å². The molecule has 0 fully saturated rings. The number of carbonyl (C=O) groups is 2. The molecule has 2 heterocycles. The Balaban J connectivity index is 1.54. The minimum Gasteiger partial charge on any atom is -0.490 e. The van der Waals surface area contributed by atoms with Gasteiger partial charge in [0.2, 0.25) is 0 Å². The van der Waals surface area contributed by atoms with Crippen LogP contribution in [0.3, 0.4) is 0 Å². The van der Waals surface area contributed by atoms with E-state index in [2.05, 4.69) is 19.2 Å². The Hall–Kier alpha value is -2.86. The molecule has 1 N–H and O–H groups in total. The van der Waals surface area contributed by atoms with Gasteiger partial charge in [-0.15, -0.1) is 0 Å². The first-order valence-electron chi connectivity index (χ1n) is 10.5. The minimum atomic E-state index is -0.415. The van der Waals surface area contributed by atoms with Crippen LogP contribution < -0.4 is 10.1 Å². The van der Waals surface area contributed by atoms with Gasteiger partial charge < -0.3 is 14.8 Å². The molecule has 0 amide bonds. The second-order valence-corrected chi connectivity index (χ2v) is 9.56. The van der Waals surface area contributed by atoms with Crippen LogP contribution in [0.4, 0.5) is 0 Å². The van der Waals surface area contributed by atoms with E-state index in [1.165, 1.54) is 0 Å². The molecule has 31 heavy (non-hydrogen) atoms. The van der Waals surface area contributed by atoms with E-state index in [1.54, 1.807) is 11.3 Å². The number of hydrogen-bond acceptors (Lipinski definition) is 6. The van der Waals surface area contributed by atoms with Crippen LogP contribution in [-0.2, 0) is 14.3 Å². The standard InChI is InChI=1S/C25H27NO4S/c1-16-21(24(28)30-11-10-29-18-7-5-4-6-8-18)22(17-9-12-31-15-17)23-19(26-16)13-25(2,3)14-20(23)27/h4-9,12,15,22,26H,10-11,13-14H2,1-3H3. The fraction of sp³-hybridized carbons (Fsp3) is 0.360. The number of para-hydroxylation sites is 1. The molecule has 1 aliphatic carbocycles. The van der Waals surface area contributed by atoms with Crippen molar-refractivity contribution >= 4 is 23.1 Å². The summed E-state index contributed by atoms with van der Waals surface area (Å²) in [5.41, 5.74) is 3.74. The third-order valence-corrected chi connectivity index (χ3v) is 6.37. The number of dihydropyridines is 1. The van der Waals surface area contributed by atoms with Gasteiger partial charge in [0.25, 0.3) is 0 Å². The number of thiophene rings is 1. The van der Waals surface area contributed by atoms with Crippen molar-refractivity contribution in [1.82, 2.24) is 5.32 Å². The Morgan fingerprint density at radius 2 is 1.94 bits per heavy atom. The number of rotatable bonds is 6. The summed E-state index contributed by atoms with van der Waals surface area (Å²) < 4.78 is 11.2. The predicted molar refractivity (Wildman–Crippen MR) is 121 cm³/mol. The summed E-state index contributed by atoms with van der Waals surface area (Å²) >= 11 is 1.56. The SMILES string of the molecule is CC1=C(C(=O)OCCOc2ccccc2)C(c2ccsc2)C2=C(CC(C)(C)CC2=O)N1. The summed E-state index contributed by atoms with van der Waals surface area (Å²) in [5, 5.41) is 7.33. The van der Waals surface area contributed by atoms with Gasteiger partial charge in [-0.25, -0.2) is 4.79 Å². The van der Waals surface area contributed by atoms with Crippen molar-refractivity contribution in [2.75, 3.05) is 13.2 Å². The lowest BCUT2D eigenvalue weighted by Gasteiger charge is -2.39. The van der Waals surface area contributed by atoms with Crippen LogP contribution in [0.2, 0.25) is 0 Å². The maximum absolute atomic E-state index is 13.2. The maximum Gasteiger partial charge on any atom is 0.336 e. The Kier molecular flexibility index (Phi) is 6.01. The predicted octanol–water partition coefficient (Wildman–Crippen LogP) is 4.97. The fourth-order valence-corrected chi connectivity index (χ4v) is 5.05. The topological polar surface area (TPSA) is 64.6 Å². The lowest BCUT2D eigenvalue weighted by atomic mass is 9.69. The number of Topliss-reactive ketones (excluding diaryl/α,β-unsaturated/α-hetero) is 1. The molecular weight excluding hydrogens is 410 g/mol. The van der Waals surface area contributed by atoms with Crippen LogP contribution >= 0.6 is 11.3 Å². The van der Waals surface area contributed by atoms with E-state index >= 15 is 0 Å². The Morgan fingerprint density at radius 3 is 2.65 bits per heavy atom. The van der Waals surface area contributed by atoms with E-state index in [0.29, 0.717) is 17.6 Å². The highest BCUT2D eigenvalue weighted by Gasteiger charge is 2.43. The van der Waals surface area contributed by atoms with Crippen molar-refractivity contribution in [1.29, 1.82) is 0 Å². The molecule has 1 aliphatic heterocycles. The van der Waals surface area contributed by atoms with E-state index in [9.17, 15) is 9.59 Å². The molecule has 162 valence electrons. The van der Waals surface area contributed by atoms with Crippen LogP contribution in [0, 0.1) is 5.41 Å². The lowest BCUT2D eigenvalue weighted by Crippen LogP contribution is -2.38. The van der Waals surface area contributed by atoms with Gasteiger partial charge in [0, 0.05) is 29.3 Å². The highest BCUT2D eigenvalue weighted by atomic mass is 32.1. The molecule has 0 spiro atoms. The average Bonchev–Trinajstić information content (AvgIpc) is 3.24. The molecule has 4 rings (SSSR count). The third kappa shape index (κ3) is 4.59. The fourth-order valence-electron chi connectivity index (χ4n) is 4.37. The van der Waals surface area contributed by atoms with E-state index in [1.807, 2.05) is 54.1 Å². The van der Waals surface area contributed by atoms with Gasteiger partial charge in [-0.1, -0.05) is 32.0 Å². The summed E-state index contributed by atoms with van der Waals surface area (Å²) in [4.78, 5) is 26.3. The number of carbonyl (C=O) groups excluding carboxylic acids is 2. The van der Waals surface area contributed by atoms with Gasteiger partial charge in [0.05, 0.1) is 5.57 Å². The molecule has 1 aromatic carbocycles. The highest BCUT2D eigenvalue weighted by molar-refractivity contribution is 7.08. The molecule has 1 aromatic heterocycles. The van der Waals surface area contributed by atoms with Gasteiger partial charge in [0.15, 0.2) is 5.78 Å². The second-order valence-electron chi connectivity index (χ2n) is 8.78. The van der Waals surface area contributed by atoms with E-state index in [0.717, 1.165) is 29.1 Å². The molecule has 0 saturated heterocycles. The number of ether oxygens (including phenoxy) is 2. The molecule has 5 nitrogen and oxygen atoms in total. The van der Waals surface area contributed by atoms with Gasteiger partial charge in [0.1, 0.15) is 19.0 Å². The summed E-state index contributed by atoms with van der Waals surface area (Å²) in [7, 11) is 0. The number of ketones is 1. The van der Waals surface area contributed by atoms with E-state index in [-0.39, 0.29) is 24.4 Å². The number of allylic oxidation sites excluding steroid dienone is 3. The van der Waals surface area contributed by atoms with Gasteiger partial charge >= 0.3 is 5.97 Å². The number of esters is 1. The van der Waals surface area contributed by atoms with Crippen LogP contribution in [0.5, 0.6) is 5.75 Å². The molecule has 1 unspecified atom stereocenters. The second kappa shape index (κ2) is 8.71. The normalized spacial score (nSPS) is 20.2. The number of hydrogen-bond donors (Lipinski definition) is 1. The number of benzene rings is 1. The van der Waals surface area contributed by atoms with Crippen LogP contribution in [-0.4, -0.2) is 25.0 Å². The maximum atomic E-state index is 13.2. The van der Waals surface area contributed by atoms with Crippen molar-refractivity contribution in [2.45, 2.75) is 39.5 Å². The summed E-state index contributed by atoms with van der Waals surface area (Å²) in [5.74, 6) is 0.0190. The average molecular weight is 438 g/mol. The summed E-state index contributed by atoms with van der Waals surface area (Å²) in [6.07, 6.45) is 1.25. The van der Waals surface area contributed by atoms with E-state index < -0.39 is 11.9 Å². The largest absolute Gasteiger partial charge is 0.490 e. The quantitative estimate of drug-likeness (QED) is 0.510. The molecule has 0 saturated carbocycles. The summed E-state index contributed by atoms with van der Waals surface area (Å²) in [6, 6.07) is 11.4. The lowest BCUT2D eigenvalue weighted by molar-refractivity contribution is -0.140. The Labute approximate surface area is 186 Å². The summed E-state index contributed by atoms with van der Waals surface area (Å²) in [6.45, 7) is 6.48. The van der Waals surface area contributed by atoms with Crippen molar-refractivity contribution in [2.24, 2.45) is 5.41 Å². The highest BCUT2D eigenvalue weighted by Crippen LogP contribution is 2.47. The van der Waals surface area contributed by atoms with Crippen molar-refractivity contribution in [3.8, 4) is 5.75 Å². The van der Waals surface area contributed by atoms with Crippen LogP contribution in [0.15, 0.2) is 69.7 Å². The zero-order valence-corrected chi connectivity index (χ0v) is 18.9. The van der Waals surface area contributed by atoms with E-state index in [4.69, 9.17) is 9.47 Å². The molecule has 2 aliphatic rings. The molecule has 0 radical (unpaired) electrons. The Bertz CT molecular complexity index is 1030. The first kappa shape index (κ1) is 21.4. The number of nitrogens with one attached hydrogen (secondary N) is 1. The zero-order valence-electron chi connectivity index (χ0n) is 18.1. The molecular formula is C25H27NO4S. The van der Waals surface area contributed by atoms with Crippen molar-refractivity contribution in [3.05, 3.63) is 75.3 Å². The Morgan fingerprint density at radius 1 is 1.16 bits per heavy atom. The monoisotopic (exact) mass is 437 g/mol. The van der Waals surface area contributed by atoms with Gasteiger partial charge in [-0.2, -0.15) is 11.3 Å². The first-order chi connectivity index (χ1) is 14.9. The molecule has 6 heteroatoms. The smallest absolute Gasteiger partial charge is 0.336 e. The van der Waals surface area contributed by atoms with Crippen molar-refractivity contribution in [3.63, 3.8) is 0 Å².